The van der Waals surface area contributed by atoms with Crippen molar-refractivity contribution in [2.75, 3.05) is 13.7 Å². The van der Waals surface area contributed by atoms with E-state index in [0.29, 0.717) is 12.5 Å². The molecule has 0 aliphatic rings. The van der Waals surface area contributed by atoms with Crippen LogP contribution in [0.2, 0.25) is 5.02 Å². The van der Waals surface area contributed by atoms with Crippen molar-refractivity contribution in [2.45, 2.75) is 32.7 Å². The molecule has 0 aliphatic heterocycles. The molecule has 0 N–H and O–H groups in total. The van der Waals surface area contributed by atoms with Gasteiger partial charge in [-0.25, -0.2) is 0 Å². The smallest absolute Gasteiger partial charge is 0.0820 e. The van der Waals surface area contributed by atoms with Crippen LogP contribution in [-0.4, -0.2) is 23.5 Å². The quantitative estimate of drug-likeness (QED) is 0.774. The number of hydrogen-bond donors (Lipinski definition) is 0. The average molecular weight is 217 g/mol. The summed E-state index contributed by atoms with van der Waals surface area (Å²) in [5.74, 6) is 0.379. The number of aromatic nitrogens is 2. The highest BCUT2D eigenvalue weighted by molar-refractivity contribution is 6.31. The number of rotatable bonds is 4. The molecule has 1 atom stereocenters. The van der Waals surface area contributed by atoms with E-state index in [2.05, 4.69) is 25.9 Å². The Balaban J connectivity index is 2.96. The fourth-order valence-electron chi connectivity index (χ4n) is 1.55. The van der Waals surface area contributed by atoms with E-state index in [-0.39, 0.29) is 6.04 Å². The third-order valence-electron chi connectivity index (χ3n) is 2.16. The van der Waals surface area contributed by atoms with E-state index in [4.69, 9.17) is 16.3 Å². The largest absolute Gasteiger partial charge is 0.382 e. The van der Waals surface area contributed by atoms with Gasteiger partial charge in [-0.1, -0.05) is 25.4 Å². The molecule has 1 aromatic rings. The van der Waals surface area contributed by atoms with Crippen LogP contribution >= 0.6 is 11.6 Å². The topological polar surface area (TPSA) is 27.1 Å². The molecule has 0 aromatic carbocycles. The highest BCUT2D eigenvalue weighted by Gasteiger charge is 2.16. The minimum atomic E-state index is 0.227. The van der Waals surface area contributed by atoms with E-state index in [1.54, 1.807) is 13.3 Å². The number of hydrogen-bond acceptors (Lipinski definition) is 2. The molecular weight excluding hydrogens is 200 g/mol. The highest BCUT2D eigenvalue weighted by atomic mass is 35.5. The predicted molar refractivity (Wildman–Crippen MR) is 57.9 cm³/mol. The fourth-order valence-corrected chi connectivity index (χ4v) is 1.90. The number of ether oxygens (including phenoxy) is 1. The Morgan fingerprint density at radius 1 is 1.50 bits per heavy atom. The van der Waals surface area contributed by atoms with Gasteiger partial charge < -0.3 is 4.74 Å². The normalized spacial score (nSPS) is 13.6. The van der Waals surface area contributed by atoms with Crippen molar-refractivity contribution in [2.24, 2.45) is 0 Å². The fraction of sp³-hybridized carbons (Fsp3) is 0.700. The van der Waals surface area contributed by atoms with Crippen LogP contribution in [-0.2, 0) is 4.74 Å². The third-order valence-corrected chi connectivity index (χ3v) is 2.45. The SMILES string of the molecule is COCC(C)n1ncc(Cl)c1C(C)C. The summed E-state index contributed by atoms with van der Waals surface area (Å²) in [5, 5.41) is 5.00. The maximum atomic E-state index is 6.06. The Labute approximate surface area is 90.0 Å². The molecule has 1 unspecified atom stereocenters. The molecule has 4 heteroatoms. The van der Waals surface area contributed by atoms with Gasteiger partial charge >= 0.3 is 0 Å². The summed E-state index contributed by atoms with van der Waals surface area (Å²) in [7, 11) is 1.69. The van der Waals surface area contributed by atoms with Gasteiger partial charge in [-0.3, -0.25) is 4.68 Å². The Bertz CT molecular complexity index is 296. The first-order valence-corrected chi connectivity index (χ1v) is 5.17. The Morgan fingerprint density at radius 3 is 2.64 bits per heavy atom. The summed E-state index contributed by atoms with van der Waals surface area (Å²) in [6, 6.07) is 0.227. The van der Waals surface area contributed by atoms with Crippen molar-refractivity contribution in [3.05, 3.63) is 16.9 Å². The minimum absolute atomic E-state index is 0.227. The van der Waals surface area contributed by atoms with E-state index >= 15 is 0 Å². The lowest BCUT2D eigenvalue weighted by atomic mass is 10.1. The highest BCUT2D eigenvalue weighted by Crippen LogP contribution is 2.26. The van der Waals surface area contributed by atoms with Crippen molar-refractivity contribution in [3.8, 4) is 0 Å². The van der Waals surface area contributed by atoms with Gasteiger partial charge in [0.2, 0.25) is 0 Å². The monoisotopic (exact) mass is 216 g/mol. The molecular formula is C10H17ClN2O. The number of nitrogens with zero attached hydrogens (tertiary/aromatic N) is 2. The zero-order valence-corrected chi connectivity index (χ0v) is 9.88. The molecule has 1 aromatic heterocycles. The van der Waals surface area contributed by atoms with Crippen LogP contribution in [0.4, 0.5) is 0 Å². The molecule has 0 saturated carbocycles. The molecule has 3 nitrogen and oxygen atoms in total. The summed E-state index contributed by atoms with van der Waals surface area (Å²) in [4.78, 5) is 0. The standard InChI is InChI=1S/C10H17ClN2O/c1-7(2)10-9(11)5-12-13(10)8(3)6-14-4/h5,7-8H,6H2,1-4H3. The van der Waals surface area contributed by atoms with Crippen molar-refractivity contribution >= 4 is 11.6 Å². The second-order valence-electron chi connectivity index (χ2n) is 3.78. The first-order valence-electron chi connectivity index (χ1n) is 4.79. The van der Waals surface area contributed by atoms with E-state index in [1.807, 2.05) is 4.68 Å². The molecule has 1 heterocycles. The van der Waals surface area contributed by atoms with Crippen LogP contribution in [0.3, 0.4) is 0 Å². The van der Waals surface area contributed by atoms with Crippen molar-refractivity contribution in [3.63, 3.8) is 0 Å². The van der Waals surface area contributed by atoms with Gasteiger partial charge in [-0.05, 0) is 12.8 Å². The Morgan fingerprint density at radius 2 is 2.14 bits per heavy atom. The molecule has 1 rings (SSSR count). The van der Waals surface area contributed by atoms with Gasteiger partial charge in [0, 0.05) is 7.11 Å². The molecule has 0 spiro atoms. The lowest BCUT2D eigenvalue weighted by Gasteiger charge is -2.16. The van der Waals surface area contributed by atoms with Crippen LogP contribution in [0, 0.1) is 0 Å². The molecule has 0 amide bonds. The van der Waals surface area contributed by atoms with Crippen LogP contribution in [0.25, 0.3) is 0 Å². The van der Waals surface area contributed by atoms with Crippen molar-refractivity contribution in [1.29, 1.82) is 0 Å². The van der Waals surface area contributed by atoms with Crippen molar-refractivity contribution < 1.29 is 4.74 Å². The van der Waals surface area contributed by atoms with Gasteiger partial charge in [0.15, 0.2) is 0 Å². The summed E-state index contributed by atoms with van der Waals surface area (Å²) in [6.45, 7) is 6.94. The molecule has 0 aliphatic carbocycles. The van der Waals surface area contributed by atoms with Crippen LogP contribution in [0.5, 0.6) is 0 Å². The van der Waals surface area contributed by atoms with E-state index in [9.17, 15) is 0 Å². The molecule has 14 heavy (non-hydrogen) atoms. The maximum Gasteiger partial charge on any atom is 0.0820 e. The summed E-state index contributed by atoms with van der Waals surface area (Å²) in [6.07, 6.45) is 1.70. The Hall–Kier alpha value is -0.540. The van der Waals surface area contributed by atoms with E-state index in [1.165, 1.54) is 0 Å². The Kier molecular flexibility index (Phi) is 3.96. The van der Waals surface area contributed by atoms with Gasteiger partial charge in [-0.15, -0.1) is 0 Å². The molecule has 0 saturated heterocycles. The molecule has 0 bridgehead atoms. The van der Waals surface area contributed by atoms with Crippen LogP contribution in [0.15, 0.2) is 6.20 Å². The van der Waals surface area contributed by atoms with Gasteiger partial charge in [0.1, 0.15) is 0 Å². The molecule has 80 valence electrons. The second-order valence-corrected chi connectivity index (χ2v) is 4.19. The zero-order chi connectivity index (χ0) is 10.7. The van der Waals surface area contributed by atoms with E-state index < -0.39 is 0 Å². The van der Waals surface area contributed by atoms with Crippen molar-refractivity contribution in [1.82, 2.24) is 9.78 Å². The summed E-state index contributed by atoms with van der Waals surface area (Å²) in [5.41, 5.74) is 1.08. The van der Waals surface area contributed by atoms with E-state index in [0.717, 1.165) is 10.7 Å². The first-order chi connectivity index (χ1) is 6.57. The summed E-state index contributed by atoms with van der Waals surface area (Å²) < 4.78 is 7.04. The lowest BCUT2D eigenvalue weighted by Crippen LogP contribution is -2.16. The third kappa shape index (κ3) is 2.28. The first kappa shape index (κ1) is 11.5. The molecule has 0 radical (unpaired) electrons. The number of halogens is 1. The van der Waals surface area contributed by atoms with Crippen LogP contribution in [0.1, 0.15) is 38.4 Å². The predicted octanol–water partition coefficient (Wildman–Crippen LogP) is 2.87. The minimum Gasteiger partial charge on any atom is -0.382 e. The maximum absolute atomic E-state index is 6.06. The van der Waals surface area contributed by atoms with Gasteiger partial charge in [0.25, 0.3) is 0 Å². The zero-order valence-electron chi connectivity index (χ0n) is 9.12. The average Bonchev–Trinajstić information content (AvgIpc) is 2.47. The van der Waals surface area contributed by atoms with Crippen LogP contribution < -0.4 is 0 Å². The van der Waals surface area contributed by atoms with Gasteiger partial charge in [0.05, 0.1) is 29.6 Å². The van der Waals surface area contributed by atoms with Gasteiger partial charge in [-0.2, -0.15) is 5.10 Å². The molecule has 0 fully saturated rings. The second kappa shape index (κ2) is 4.80. The summed E-state index contributed by atoms with van der Waals surface area (Å²) >= 11 is 6.06. The number of methoxy groups -OCH3 is 1. The lowest BCUT2D eigenvalue weighted by molar-refractivity contribution is 0.155.